The third-order valence-electron chi connectivity index (χ3n) is 18.0. The highest BCUT2D eigenvalue weighted by Crippen LogP contribution is 2.63. The summed E-state index contributed by atoms with van der Waals surface area (Å²) in [5.74, 6) is 0. The van der Waals surface area contributed by atoms with Crippen LogP contribution in [0.4, 0.5) is 17.1 Å². The molecule has 80 heavy (non-hydrogen) atoms. The minimum atomic E-state index is -0.532. The lowest BCUT2D eigenvalue weighted by Crippen LogP contribution is -2.33. The van der Waals surface area contributed by atoms with Gasteiger partial charge < -0.3 is 9.47 Å². The summed E-state index contributed by atoms with van der Waals surface area (Å²) in [5.41, 5.74) is 26.3. The average Bonchev–Trinajstić information content (AvgIpc) is 4.34. The van der Waals surface area contributed by atoms with Crippen molar-refractivity contribution in [2.75, 3.05) is 4.90 Å². The molecular weight excluding hydrogens is 965 g/mol. The normalized spacial score (nSPS) is 14.9. The van der Waals surface area contributed by atoms with Crippen LogP contribution in [-0.2, 0) is 10.8 Å². The van der Waals surface area contributed by atoms with Crippen molar-refractivity contribution in [3.63, 3.8) is 0 Å². The van der Waals surface area contributed by atoms with Crippen LogP contribution >= 0.6 is 0 Å². The third kappa shape index (κ3) is 6.08. The summed E-state index contributed by atoms with van der Waals surface area (Å²) >= 11 is 0. The second kappa shape index (κ2) is 17.1. The van der Waals surface area contributed by atoms with Gasteiger partial charge in [-0.3, -0.25) is 0 Å². The van der Waals surface area contributed by atoms with Crippen LogP contribution in [0.2, 0.25) is 0 Å². The van der Waals surface area contributed by atoms with Crippen molar-refractivity contribution in [1.82, 2.24) is 4.57 Å². The van der Waals surface area contributed by atoms with Crippen molar-refractivity contribution in [3.05, 3.63) is 348 Å². The minimum absolute atomic E-state index is 0.518. The molecule has 14 aromatic rings. The Labute approximate surface area is 465 Å². The SMILES string of the molecule is c1ccc(-c2cccc(N(c3ccc4cc(-c5ccc6c(c5)C5(c7ccccc7-6)c6ccccc6-n6c7ccccc7c7cccc5c76)ccc4c3)c3cccc4c3-c3ccccc3C4(c3ccccc3)c3ccccc3)c2)cc1. The zero-order chi connectivity index (χ0) is 52.5. The van der Waals surface area contributed by atoms with E-state index in [1.165, 1.54) is 127 Å². The molecule has 0 fully saturated rings. The Hall–Kier alpha value is -10.3. The third-order valence-corrected chi connectivity index (χ3v) is 18.0. The Morgan fingerprint density at radius 2 is 0.825 bits per heavy atom. The van der Waals surface area contributed by atoms with Crippen molar-refractivity contribution in [2.24, 2.45) is 0 Å². The fraction of sp³-hybridized carbons (Fsp3) is 0.0256. The van der Waals surface area contributed by atoms with Crippen molar-refractivity contribution in [1.29, 1.82) is 0 Å². The predicted molar refractivity (Wildman–Crippen MR) is 332 cm³/mol. The number of hydrogen-bond acceptors (Lipinski definition) is 1. The van der Waals surface area contributed by atoms with Crippen LogP contribution in [0.15, 0.2) is 303 Å². The molecule has 0 radical (unpaired) electrons. The van der Waals surface area contributed by atoms with Gasteiger partial charge in [-0.15, -0.1) is 0 Å². The lowest BCUT2D eigenvalue weighted by Gasteiger charge is -2.39. The molecule has 1 spiro atoms. The van der Waals surface area contributed by atoms with Gasteiger partial charge in [0.15, 0.2) is 0 Å². The van der Waals surface area contributed by atoms with Crippen LogP contribution in [-0.4, -0.2) is 4.57 Å². The molecule has 2 heteroatoms. The number of aromatic nitrogens is 1. The Kier molecular flexibility index (Phi) is 9.58. The second-order valence-electron chi connectivity index (χ2n) is 21.9. The van der Waals surface area contributed by atoms with E-state index in [4.69, 9.17) is 0 Å². The Bertz CT molecular complexity index is 4800. The summed E-state index contributed by atoms with van der Waals surface area (Å²) in [6, 6.07) is 114. The molecular formula is C78H50N2. The van der Waals surface area contributed by atoms with Gasteiger partial charge >= 0.3 is 0 Å². The number of fused-ring (bicyclic) bond motifs is 16. The molecule has 1 atom stereocenters. The summed E-state index contributed by atoms with van der Waals surface area (Å²) in [7, 11) is 0. The first kappa shape index (κ1) is 44.8. The van der Waals surface area contributed by atoms with E-state index >= 15 is 0 Å². The van der Waals surface area contributed by atoms with Gasteiger partial charge in [0, 0.05) is 27.7 Å². The quantitative estimate of drug-likeness (QED) is 0.154. The summed E-state index contributed by atoms with van der Waals surface area (Å²) in [5, 5.41) is 4.94. The first-order valence-electron chi connectivity index (χ1n) is 27.9. The Balaban J connectivity index is 0.845. The van der Waals surface area contributed by atoms with Crippen LogP contribution in [0, 0.1) is 0 Å². The van der Waals surface area contributed by atoms with Crippen LogP contribution in [0.25, 0.3) is 82.8 Å². The van der Waals surface area contributed by atoms with Gasteiger partial charge in [-0.05, 0) is 149 Å². The molecule has 0 saturated carbocycles. The van der Waals surface area contributed by atoms with Gasteiger partial charge in [-0.1, -0.05) is 249 Å². The van der Waals surface area contributed by atoms with Crippen LogP contribution in [0.3, 0.4) is 0 Å². The highest BCUT2D eigenvalue weighted by Gasteiger charge is 2.51. The summed E-state index contributed by atoms with van der Waals surface area (Å²) in [6.07, 6.45) is 0. The summed E-state index contributed by atoms with van der Waals surface area (Å²) in [4.78, 5) is 2.50. The highest BCUT2D eigenvalue weighted by atomic mass is 15.1. The monoisotopic (exact) mass is 1010 g/mol. The highest BCUT2D eigenvalue weighted by molar-refractivity contribution is 6.13. The van der Waals surface area contributed by atoms with E-state index in [9.17, 15) is 0 Å². The lowest BCUT2D eigenvalue weighted by molar-refractivity contribution is 0.749. The zero-order valence-electron chi connectivity index (χ0n) is 43.8. The number of nitrogens with zero attached hydrogens (tertiary/aromatic N) is 2. The lowest BCUT2D eigenvalue weighted by atomic mass is 9.65. The molecule has 1 aromatic heterocycles. The molecule has 17 rings (SSSR count). The number of benzene rings is 13. The molecule has 1 unspecified atom stereocenters. The van der Waals surface area contributed by atoms with Gasteiger partial charge in [0.25, 0.3) is 0 Å². The predicted octanol–water partition coefficient (Wildman–Crippen LogP) is 19.8. The van der Waals surface area contributed by atoms with Crippen molar-refractivity contribution < 1.29 is 0 Å². The molecule has 2 aliphatic carbocycles. The van der Waals surface area contributed by atoms with Crippen molar-refractivity contribution in [3.8, 4) is 50.2 Å². The molecule has 0 saturated heterocycles. The largest absolute Gasteiger partial charge is 0.310 e. The molecule has 2 nitrogen and oxygen atoms in total. The maximum absolute atomic E-state index is 2.52. The molecule has 0 amide bonds. The molecule has 3 aliphatic rings. The smallest absolute Gasteiger partial charge is 0.0754 e. The van der Waals surface area contributed by atoms with E-state index in [0.717, 1.165) is 17.1 Å². The van der Waals surface area contributed by atoms with Gasteiger partial charge in [0.1, 0.15) is 0 Å². The van der Waals surface area contributed by atoms with E-state index in [1.807, 2.05) is 0 Å². The van der Waals surface area contributed by atoms with Gasteiger partial charge in [-0.25, -0.2) is 0 Å². The zero-order valence-corrected chi connectivity index (χ0v) is 43.8. The second-order valence-corrected chi connectivity index (χ2v) is 21.9. The molecule has 0 N–H and O–H groups in total. The van der Waals surface area contributed by atoms with Gasteiger partial charge in [-0.2, -0.15) is 0 Å². The number of hydrogen-bond donors (Lipinski definition) is 0. The fourth-order valence-corrected chi connectivity index (χ4v) is 14.8. The average molecular weight is 1020 g/mol. The molecule has 0 bridgehead atoms. The molecule has 1 aliphatic heterocycles. The van der Waals surface area contributed by atoms with E-state index in [2.05, 4.69) is 313 Å². The Morgan fingerprint density at radius 1 is 0.287 bits per heavy atom. The van der Waals surface area contributed by atoms with Crippen LogP contribution in [0.1, 0.15) is 44.5 Å². The number of para-hydroxylation sites is 3. The number of rotatable bonds is 7. The maximum Gasteiger partial charge on any atom is 0.0754 e. The Morgan fingerprint density at radius 3 is 1.64 bits per heavy atom. The first-order valence-corrected chi connectivity index (χ1v) is 27.9. The molecule has 372 valence electrons. The van der Waals surface area contributed by atoms with E-state index in [-0.39, 0.29) is 0 Å². The molecule has 2 heterocycles. The van der Waals surface area contributed by atoms with Gasteiger partial charge in [0.05, 0.1) is 33.2 Å². The van der Waals surface area contributed by atoms with Crippen molar-refractivity contribution >= 4 is 49.6 Å². The van der Waals surface area contributed by atoms with Gasteiger partial charge in [0.2, 0.25) is 0 Å². The minimum Gasteiger partial charge on any atom is -0.310 e. The topological polar surface area (TPSA) is 8.17 Å². The number of anilines is 3. The van der Waals surface area contributed by atoms with E-state index in [0.29, 0.717) is 0 Å². The molecule has 13 aromatic carbocycles. The standard InChI is InChI=1S/C78H50N2/c1-4-21-51(22-5-1)52-23-18-28-59(48-52)79(74-40-20-36-69-75(74)65-31-11-14-34-67(65)77(69,57-24-6-2-7-25-57)58-26-8-3-9-27-58)60-45-43-54-47-53(41-42-55(54)49-60)56-44-46-62-61-29-10-13-33-66(61)78(71(62)50-56)68-35-15-17-39-73(68)80-72-38-16-12-30-63(72)64-32-19-37-70(78)76(64)80/h1-50H. The van der Waals surface area contributed by atoms with Crippen LogP contribution in [0.5, 0.6) is 0 Å². The van der Waals surface area contributed by atoms with Crippen LogP contribution < -0.4 is 4.90 Å². The fourth-order valence-electron chi connectivity index (χ4n) is 14.8. The first-order chi connectivity index (χ1) is 39.7. The van der Waals surface area contributed by atoms with E-state index < -0.39 is 10.8 Å². The summed E-state index contributed by atoms with van der Waals surface area (Å²) in [6.45, 7) is 0. The van der Waals surface area contributed by atoms with Crippen molar-refractivity contribution in [2.45, 2.75) is 10.8 Å². The summed E-state index contributed by atoms with van der Waals surface area (Å²) < 4.78 is 2.52. The van der Waals surface area contributed by atoms with E-state index in [1.54, 1.807) is 0 Å². The maximum atomic E-state index is 2.52.